The predicted octanol–water partition coefficient (Wildman–Crippen LogP) is 2.67. The van der Waals surface area contributed by atoms with Gasteiger partial charge in [-0.05, 0) is 24.8 Å². The van der Waals surface area contributed by atoms with Crippen LogP contribution in [-0.4, -0.2) is 15.8 Å². The van der Waals surface area contributed by atoms with E-state index < -0.39 is 0 Å². The smallest absolute Gasteiger partial charge is 0.130 e. The molecule has 0 aliphatic heterocycles. The molecule has 0 aliphatic carbocycles. The minimum Gasteiger partial charge on any atom is -0.334 e. The van der Waals surface area contributed by atoms with E-state index in [4.69, 9.17) is 5.73 Å². The van der Waals surface area contributed by atoms with Gasteiger partial charge >= 0.3 is 0 Å². The molecule has 4 heteroatoms. The summed E-state index contributed by atoms with van der Waals surface area (Å²) >= 11 is 1.72. The molecule has 1 atom stereocenters. The minimum absolute atomic E-state index is 0.159. The van der Waals surface area contributed by atoms with Gasteiger partial charge in [-0.15, -0.1) is 11.8 Å². The zero-order valence-electron chi connectivity index (χ0n) is 10.1. The van der Waals surface area contributed by atoms with Crippen molar-refractivity contribution >= 4 is 11.8 Å². The van der Waals surface area contributed by atoms with Crippen molar-refractivity contribution in [2.45, 2.75) is 24.4 Å². The summed E-state index contributed by atoms with van der Waals surface area (Å²) in [7, 11) is 0. The predicted molar refractivity (Wildman–Crippen MR) is 72.2 cm³/mol. The lowest BCUT2D eigenvalue weighted by Crippen LogP contribution is -2.18. The SMILES string of the molecule is CCn1ccnc1C(N)c1ccccc1SC. The minimum atomic E-state index is -0.159. The number of aryl methyl sites for hydroxylation is 1. The quantitative estimate of drug-likeness (QED) is 0.845. The molecule has 3 nitrogen and oxygen atoms in total. The van der Waals surface area contributed by atoms with E-state index in [1.807, 2.05) is 18.3 Å². The Morgan fingerprint density at radius 3 is 2.88 bits per heavy atom. The third-order valence-corrected chi connectivity index (χ3v) is 3.65. The Bertz CT molecular complexity index is 493. The average molecular weight is 247 g/mol. The third kappa shape index (κ3) is 2.37. The normalized spacial score (nSPS) is 12.6. The maximum Gasteiger partial charge on any atom is 0.130 e. The summed E-state index contributed by atoms with van der Waals surface area (Å²) in [5.41, 5.74) is 7.46. The molecule has 2 N–H and O–H groups in total. The lowest BCUT2D eigenvalue weighted by Gasteiger charge is -2.16. The Labute approximate surface area is 106 Å². The summed E-state index contributed by atoms with van der Waals surface area (Å²) in [6.45, 7) is 2.99. The van der Waals surface area contributed by atoms with Gasteiger partial charge < -0.3 is 10.3 Å². The van der Waals surface area contributed by atoms with Crippen molar-refractivity contribution in [1.82, 2.24) is 9.55 Å². The number of benzene rings is 1. The van der Waals surface area contributed by atoms with Crippen LogP contribution in [0.15, 0.2) is 41.6 Å². The van der Waals surface area contributed by atoms with E-state index in [9.17, 15) is 0 Å². The number of nitrogens with two attached hydrogens (primary N) is 1. The van der Waals surface area contributed by atoms with Crippen molar-refractivity contribution in [3.63, 3.8) is 0 Å². The largest absolute Gasteiger partial charge is 0.334 e. The molecule has 1 unspecified atom stereocenters. The highest BCUT2D eigenvalue weighted by molar-refractivity contribution is 7.98. The van der Waals surface area contributed by atoms with E-state index in [0.29, 0.717) is 0 Å². The van der Waals surface area contributed by atoms with Crippen molar-refractivity contribution in [1.29, 1.82) is 0 Å². The van der Waals surface area contributed by atoms with Crippen LogP contribution in [0.25, 0.3) is 0 Å². The molecule has 0 saturated heterocycles. The fourth-order valence-corrected chi connectivity index (χ4v) is 2.57. The second kappa shape index (κ2) is 5.38. The lowest BCUT2D eigenvalue weighted by atomic mass is 10.1. The molecule has 0 amide bonds. The monoisotopic (exact) mass is 247 g/mol. The number of aromatic nitrogens is 2. The summed E-state index contributed by atoms with van der Waals surface area (Å²) in [6, 6.07) is 8.07. The first-order valence-electron chi connectivity index (χ1n) is 5.67. The molecule has 0 fully saturated rings. The Kier molecular flexibility index (Phi) is 3.86. The molecule has 17 heavy (non-hydrogen) atoms. The van der Waals surface area contributed by atoms with Crippen LogP contribution in [0, 0.1) is 0 Å². The molecule has 2 rings (SSSR count). The fourth-order valence-electron chi connectivity index (χ4n) is 1.93. The first kappa shape index (κ1) is 12.2. The molecule has 1 aromatic heterocycles. The molecule has 0 radical (unpaired) electrons. The molecule has 0 saturated carbocycles. The first-order valence-corrected chi connectivity index (χ1v) is 6.90. The summed E-state index contributed by atoms with van der Waals surface area (Å²) in [6.07, 6.45) is 5.84. The van der Waals surface area contributed by atoms with Gasteiger partial charge in [-0.1, -0.05) is 18.2 Å². The van der Waals surface area contributed by atoms with Crippen molar-refractivity contribution in [3.8, 4) is 0 Å². The zero-order valence-corrected chi connectivity index (χ0v) is 10.9. The average Bonchev–Trinajstić information content (AvgIpc) is 2.86. The van der Waals surface area contributed by atoms with Crippen molar-refractivity contribution in [3.05, 3.63) is 48.0 Å². The maximum atomic E-state index is 6.32. The van der Waals surface area contributed by atoms with Gasteiger partial charge in [0, 0.05) is 23.8 Å². The topological polar surface area (TPSA) is 43.8 Å². The number of thioether (sulfide) groups is 1. The molecule has 90 valence electrons. The molecule has 1 heterocycles. The summed E-state index contributed by atoms with van der Waals surface area (Å²) in [5, 5.41) is 0. The van der Waals surface area contributed by atoms with E-state index in [-0.39, 0.29) is 6.04 Å². The van der Waals surface area contributed by atoms with Gasteiger partial charge in [0.2, 0.25) is 0 Å². The van der Waals surface area contributed by atoms with Crippen LogP contribution in [0.4, 0.5) is 0 Å². The van der Waals surface area contributed by atoms with E-state index in [2.05, 4.69) is 34.9 Å². The molecule has 0 bridgehead atoms. The van der Waals surface area contributed by atoms with E-state index in [1.165, 1.54) is 4.90 Å². The fraction of sp³-hybridized carbons (Fsp3) is 0.308. The van der Waals surface area contributed by atoms with Gasteiger partial charge in [-0.25, -0.2) is 4.98 Å². The number of hydrogen-bond acceptors (Lipinski definition) is 3. The van der Waals surface area contributed by atoms with Crippen LogP contribution in [0.5, 0.6) is 0 Å². The number of imidazole rings is 1. The van der Waals surface area contributed by atoms with Crippen molar-refractivity contribution in [2.24, 2.45) is 5.73 Å². The second-order valence-corrected chi connectivity index (χ2v) is 4.64. The van der Waals surface area contributed by atoms with Gasteiger partial charge in [-0.3, -0.25) is 0 Å². The standard InChI is InChI=1S/C13H17N3S/c1-3-16-9-8-15-13(16)12(14)10-6-4-5-7-11(10)17-2/h4-9,12H,3,14H2,1-2H3. The van der Waals surface area contributed by atoms with Crippen LogP contribution in [0.1, 0.15) is 24.4 Å². The summed E-state index contributed by atoms with van der Waals surface area (Å²) in [4.78, 5) is 5.58. The molecule has 1 aromatic carbocycles. The Morgan fingerprint density at radius 2 is 2.18 bits per heavy atom. The maximum absolute atomic E-state index is 6.32. The number of nitrogens with zero attached hydrogens (tertiary/aromatic N) is 2. The van der Waals surface area contributed by atoms with E-state index in [0.717, 1.165) is 17.9 Å². The second-order valence-electron chi connectivity index (χ2n) is 3.79. The lowest BCUT2D eigenvalue weighted by molar-refractivity contribution is 0.651. The van der Waals surface area contributed by atoms with Crippen LogP contribution in [0.2, 0.25) is 0 Å². The molecule has 0 spiro atoms. The van der Waals surface area contributed by atoms with Crippen LogP contribution in [0.3, 0.4) is 0 Å². The Hall–Kier alpha value is -1.26. The Morgan fingerprint density at radius 1 is 1.41 bits per heavy atom. The highest BCUT2D eigenvalue weighted by Crippen LogP contribution is 2.27. The number of hydrogen-bond donors (Lipinski definition) is 1. The van der Waals surface area contributed by atoms with Crippen molar-refractivity contribution in [2.75, 3.05) is 6.26 Å². The van der Waals surface area contributed by atoms with Gasteiger partial charge in [0.25, 0.3) is 0 Å². The molecule has 2 aromatic rings. The van der Waals surface area contributed by atoms with Crippen molar-refractivity contribution < 1.29 is 0 Å². The molecule has 0 aliphatic rings. The van der Waals surface area contributed by atoms with E-state index >= 15 is 0 Å². The van der Waals surface area contributed by atoms with Crippen LogP contribution < -0.4 is 5.73 Å². The summed E-state index contributed by atoms with van der Waals surface area (Å²) < 4.78 is 2.09. The summed E-state index contributed by atoms with van der Waals surface area (Å²) in [5.74, 6) is 0.925. The third-order valence-electron chi connectivity index (χ3n) is 2.84. The van der Waals surface area contributed by atoms with Gasteiger partial charge in [0.05, 0.1) is 6.04 Å². The number of rotatable bonds is 4. The van der Waals surface area contributed by atoms with E-state index in [1.54, 1.807) is 18.0 Å². The first-order chi connectivity index (χ1) is 8.27. The highest BCUT2D eigenvalue weighted by Gasteiger charge is 2.16. The Balaban J connectivity index is 2.40. The van der Waals surface area contributed by atoms with Gasteiger partial charge in [-0.2, -0.15) is 0 Å². The zero-order chi connectivity index (χ0) is 12.3. The molecular weight excluding hydrogens is 230 g/mol. The van der Waals surface area contributed by atoms with Gasteiger partial charge in [0.15, 0.2) is 0 Å². The van der Waals surface area contributed by atoms with Crippen LogP contribution >= 0.6 is 11.8 Å². The molecular formula is C13H17N3S. The van der Waals surface area contributed by atoms with Gasteiger partial charge in [0.1, 0.15) is 5.82 Å². The van der Waals surface area contributed by atoms with Crippen LogP contribution in [-0.2, 0) is 6.54 Å². The highest BCUT2D eigenvalue weighted by atomic mass is 32.2.